The van der Waals surface area contributed by atoms with Gasteiger partial charge in [-0.3, -0.25) is 4.68 Å². The van der Waals surface area contributed by atoms with Gasteiger partial charge >= 0.3 is 11.9 Å². The molecule has 0 radical (unpaired) electrons. The zero-order chi connectivity index (χ0) is 18.6. The third-order valence-corrected chi connectivity index (χ3v) is 3.51. The summed E-state index contributed by atoms with van der Waals surface area (Å²) in [7, 11) is 0. The van der Waals surface area contributed by atoms with Gasteiger partial charge in [-0.05, 0) is 18.2 Å². The Balaban J connectivity index is 1.66. The van der Waals surface area contributed by atoms with Crippen molar-refractivity contribution in [3.63, 3.8) is 0 Å². The van der Waals surface area contributed by atoms with E-state index in [1.54, 1.807) is 23.0 Å². The topological polar surface area (TPSA) is 91.7 Å². The number of aromatic nitrogens is 2. The molecule has 26 heavy (non-hydrogen) atoms. The van der Waals surface area contributed by atoms with Crippen molar-refractivity contribution >= 4 is 17.6 Å². The van der Waals surface area contributed by atoms with E-state index < -0.39 is 17.7 Å². The number of esters is 2. The summed E-state index contributed by atoms with van der Waals surface area (Å²) in [5.41, 5.74) is 0.390. The first-order chi connectivity index (χ1) is 12.4. The monoisotopic (exact) mass is 357 g/mol. The number of nitrogens with zero attached hydrogens (tertiary/aromatic N) is 2. The van der Waals surface area contributed by atoms with Crippen LogP contribution in [0.4, 0.5) is 5.69 Å². The lowest BCUT2D eigenvalue weighted by Crippen LogP contribution is -2.42. The normalized spacial score (nSPS) is 15.8. The second kappa shape index (κ2) is 7.30. The van der Waals surface area contributed by atoms with Gasteiger partial charge in [0, 0.05) is 32.4 Å². The van der Waals surface area contributed by atoms with Gasteiger partial charge < -0.3 is 19.5 Å². The summed E-state index contributed by atoms with van der Waals surface area (Å²) in [5, 5.41) is 7.01. The van der Waals surface area contributed by atoms with Gasteiger partial charge in [-0.15, -0.1) is 0 Å². The standard InChI is InChI=1S/C18H19N3O5/c1-18(2)25-16(22)13(17(23)26-18)12-19-14-6-3-4-7-15(14)24-11-10-21-9-5-8-20-21/h3-9,12,19H,10-11H2,1-2H3. The number of para-hydroxylation sites is 2. The molecule has 2 heterocycles. The molecule has 0 amide bonds. The van der Waals surface area contributed by atoms with Crippen LogP contribution in [0.25, 0.3) is 0 Å². The fraction of sp³-hybridized carbons (Fsp3) is 0.278. The molecule has 1 N–H and O–H groups in total. The first-order valence-electron chi connectivity index (χ1n) is 8.07. The third kappa shape index (κ3) is 4.21. The molecule has 0 saturated carbocycles. The van der Waals surface area contributed by atoms with Gasteiger partial charge in [-0.1, -0.05) is 12.1 Å². The molecule has 0 atom stereocenters. The first-order valence-corrected chi connectivity index (χ1v) is 8.07. The molecular formula is C18H19N3O5. The summed E-state index contributed by atoms with van der Waals surface area (Å²) in [6.07, 6.45) is 4.81. The Morgan fingerprint density at radius 1 is 1.19 bits per heavy atom. The number of ether oxygens (including phenoxy) is 3. The average molecular weight is 357 g/mol. The molecule has 8 nitrogen and oxygen atoms in total. The van der Waals surface area contributed by atoms with Crippen LogP contribution in [0.15, 0.2) is 54.5 Å². The fourth-order valence-electron chi connectivity index (χ4n) is 2.32. The van der Waals surface area contributed by atoms with Gasteiger partial charge in [-0.25, -0.2) is 9.59 Å². The Bertz CT molecular complexity index is 805. The average Bonchev–Trinajstić information content (AvgIpc) is 3.07. The molecule has 8 heteroatoms. The second-order valence-electron chi connectivity index (χ2n) is 5.99. The van der Waals surface area contributed by atoms with E-state index in [1.807, 2.05) is 24.4 Å². The maximum Gasteiger partial charge on any atom is 0.350 e. The largest absolute Gasteiger partial charge is 0.489 e. The Morgan fingerprint density at radius 2 is 1.92 bits per heavy atom. The highest BCUT2D eigenvalue weighted by atomic mass is 16.7. The molecule has 2 aromatic rings. The quantitative estimate of drug-likeness (QED) is 0.481. The summed E-state index contributed by atoms with van der Waals surface area (Å²) >= 11 is 0. The van der Waals surface area contributed by atoms with Gasteiger partial charge in [-0.2, -0.15) is 5.10 Å². The number of benzene rings is 1. The van der Waals surface area contributed by atoms with E-state index in [9.17, 15) is 9.59 Å². The molecule has 1 aliphatic rings. The number of hydrogen-bond acceptors (Lipinski definition) is 7. The molecule has 0 spiro atoms. The van der Waals surface area contributed by atoms with Crippen molar-refractivity contribution in [3.05, 3.63) is 54.5 Å². The lowest BCUT2D eigenvalue weighted by Gasteiger charge is -2.29. The molecule has 0 aliphatic carbocycles. The Labute approximate surface area is 150 Å². The minimum Gasteiger partial charge on any atom is -0.489 e. The van der Waals surface area contributed by atoms with Crippen molar-refractivity contribution in [3.8, 4) is 5.75 Å². The molecule has 0 unspecified atom stereocenters. The molecule has 0 bridgehead atoms. The summed E-state index contributed by atoms with van der Waals surface area (Å²) in [6.45, 7) is 4.00. The van der Waals surface area contributed by atoms with Crippen LogP contribution in [0.5, 0.6) is 5.75 Å². The zero-order valence-corrected chi connectivity index (χ0v) is 14.5. The Kier molecular flexibility index (Phi) is 4.92. The van der Waals surface area contributed by atoms with Gasteiger partial charge in [0.25, 0.3) is 5.79 Å². The third-order valence-electron chi connectivity index (χ3n) is 3.51. The highest BCUT2D eigenvalue weighted by Crippen LogP contribution is 2.26. The van der Waals surface area contributed by atoms with Crippen LogP contribution in [-0.2, 0) is 25.6 Å². The van der Waals surface area contributed by atoms with Gasteiger partial charge in [0.2, 0.25) is 0 Å². The smallest absolute Gasteiger partial charge is 0.350 e. The van der Waals surface area contributed by atoms with Crippen molar-refractivity contribution in [2.24, 2.45) is 0 Å². The molecule has 1 saturated heterocycles. The van der Waals surface area contributed by atoms with Crippen LogP contribution in [0, 0.1) is 0 Å². The van der Waals surface area contributed by atoms with E-state index in [2.05, 4.69) is 10.4 Å². The number of hydrogen-bond donors (Lipinski definition) is 1. The highest BCUT2D eigenvalue weighted by molar-refractivity contribution is 6.15. The van der Waals surface area contributed by atoms with Gasteiger partial charge in [0.1, 0.15) is 12.4 Å². The van der Waals surface area contributed by atoms with E-state index in [-0.39, 0.29) is 5.57 Å². The summed E-state index contributed by atoms with van der Waals surface area (Å²) in [4.78, 5) is 23.9. The Hall–Kier alpha value is -3.29. The van der Waals surface area contributed by atoms with Crippen LogP contribution in [-0.4, -0.2) is 34.1 Å². The van der Waals surface area contributed by atoms with E-state index in [0.717, 1.165) is 0 Å². The SMILES string of the molecule is CC1(C)OC(=O)C(=CNc2ccccc2OCCn2cccn2)C(=O)O1. The number of rotatable bonds is 6. The lowest BCUT2D eigenvalue weighted by molar-refractivity contribution is -0.222. The van der Waals surface area contributed by atoms with Crippen LogP contribution in [0.2, 0.25) is 0 Å². The summed E-state index contributed by atoms with van der Waals surface area (Å²) in [6, 6.07) is 9.02. The van der Waals surface area contributed by atoms with E-state index >= 15 is 0 Å². The number of cyclic esters (lactones) is 2. The summed E-state index contributed by atoms with van der Waals surface area (Å²) in [5.74, 6) is -2.17. The fourth-order valence-corrected chi connectivity index (χ4v) is 2.32. The van der Waals surface area contributed by atoms with Crippen molar-refractivity contribution in [2.75, 3.05) is 11.9 Å². The minimum atomic E-state index is -1.26. The zero-order valence-electron chi connectivity index (χ0n) is 14.5. The molecule has 1 aromatic carbocycles. The molecule has 1 aliphatic heterocycles. The maximum atomic E-state index is 12.0. The van der Waals surface area contributed by atoms with Crippen LogP contribution in [0.3, 0.4) is 0 Å². The van der Waals surface area contributed by atoms with Crippen molar-refractivity contribution < 1.29 is 23.8 Å². The highest BCUT2D eigenvalue weighted by Gasteiger charge is 2.38. The van der Waals surface area contributed by atoms with Crippen LogP contribution >= 0.6 is 0 Å². The molecular weight excluding hydrogens is 338 g/mol. The van der Waals surface area contributed by atoms with Crippen molar-refractivity contribution in [2.45, 2.75) is 26.2 Å². The molecule has 1 fully saturated rings. The van der Waals surface area contributed by atoms with E-state index in [4.69, 9.17) is 14.2 Å². The minimum absolute atomic E-state index is 0.212. The molecule has 1 aromatic heterocycles. The second-order valence-corrected chi connectivity index (χ2v) is 5.99. The number of carbonyl (C=O) groups is 2. The molecule has 136 valence electrons. The Morgan fingerprint density at radius 3 is 2.62 bits per heavy atom. The van der Waals surface area contributed by atoms with Gasteiger partial charge in [0.05, 0.1) is 12.2 Å². The van der Waals surface area contributed by atoms with Crippen molar-refractivity contribution in [1.82, 2.24) is 9.78 Å². The van der Waals surface area contributed by atoms with Crippen LogP contribution < -0.4 is 10.1 Å². The van der Waals surface area contributed by atoms with Crippen LogP contribution in [0.1, 0.15) is 13.8 Å². The number of nitrogens with one attached hydrogen (secondary N) is 1. The predicted molar refractivity (Wildman–Crippen MR) is 92.1 cm³/mol. The van der Waals surface area contributed by atoms with E-state index in [1.165, 1.54) is 20.0 Å². The first kappa shape index (κ1) is 17.5. The molecule has 3 rings (SSSR count). The number of carbonyl (C=O) groups excluding carboxylic acids is 2. The van der Waals surface area contributed by atoms with Crippen molar-refractivity contribution in [1.29, 1.82) is 0 Å². The number of anilines is 1. The maximum absolute atomic E-state index is 12.0. The van der Waals surface area contributed by atoms with Gasteiger partial charge in [0.15, 0.2) is 5.57 Å². The van der Waals surface area contributed by atoms with E-state index in [0.29, 0.717) is 24.6 Å². The predicted octanol–water partition coefficient (Wildman–Crippen LogP) is 2.09. The lowest BCUT2D eigenvalue weighted by atomic mass is 10.2. The summed E-state index contributed by atoms with van der Waals surface area (Å²) < 4.78 is 17.6.